The van der Waals surface area contributed by atoms with Crippen LogP contribution in [0, 0.1) is 3.57 Å². The van der Waals surface area contributed by atoms with Crippen molar-refractivity contribution in [2.24, 2.45) is 4.99 Å². The summed E-state index contributed by atoms with van der Waals surface area (Å²) < 4.78 is 24.5. The zero-order valence-corrected chi connectivity index (χ0v) is 29.7. The lowest BCUT2D eigenvalue weighted by atomic mass is 9.91. The summed E-state index contributed by atoms with van der Waals surface area (Å²) in [6.07, 6.45) is 1.76. The summed E-state index contributed by atoms with van der Waals surface area (Å²) in [4.78, 5) is 45.3. The van der Waals surface area contributed by atoms with Crippen molar-refractivity contribution in [3.63, 3.8) is 0 Å². The Morgan fingerprint density at radius 2 is 1.72 bits per heavy atom. The molecule has 1 aliphatic rings. The predicted molar refractivity (Wildman–Crippen MR) is 189 cm³/mol. The maximum atomic E-state index is 14.3. The minimum Gasteiger partial charge on any atom is -0.493 e. The molecule has 0 bridgehead atoms. The number of ether oxygens (including phenoxy) is 4. The molecule has 1 aliphatic heterocycles. The predicted octanol–water partition coefficient (Wildman–Crippen LogP) is 5.61. The Balaban J connectivity index is 1.70. The van der Waals surface area contributed by atoms with E-state index in [9.17, 15) is 14.4 Å². The minimum atomic E-state index is -0.766. The largest absolute Gasteiger partial charge is 0.493 e. The first kappa shape index (κ1) is 34.1. The fourth-order valence-corrected chi connectivity index (χ4v) is 7.05. The highest BCUT2D eigenvalue weighted by molar-refractivity contribution is 14.1. The van der Waals surface area contributed by atoms with E-state index in [0.29, 0.717) is 47.2 Å². The molecule has 0 N–H and O–H groups in total. The number of halogens is 1. The Labute approximate surface area is 290 Å². The summed E-state index contributed by atoms with van der Waals surface area (Å²) in [5.41, 5.74) is 3.82. The summed E-state index contributed by atoms with van der Waals surface area (Å²) in [6, 6.07) is 20.3. The van der Waals surface area contributed by atoms with Gasteiger partial charge < -0.3 is 18.9 Å². The summed E-state index contributed by atoms with van der Waals surface area (Å²) in [6.45, 7) is 7.88. The molecule has 0 radical (unpaired) electrons. The second-order valence-electron chi connectivity index (χ2n) is 10.9. The average Bonchev–Trinajstić information content (AvgIpc) is 3.37. The third-order valence-corrected chi connectivity index (χ3v) is 9.27. The van der Waals surface area contributed by atoms with Gasteiger partial charge in [0.25, 0.3) is 5.56 Å². The van der Waals surface area contributed by atoms with Crippen molar-refractivity contribution >= 4 is 57.6 Å². The van der Waals surface area contributed by atoms with Gasteiger partial charge in [0.05, 0.1) is 45.7 Å². The van der Waals surface area contributed by atoms with Crippen molar-refractivity contribution in [2.45, 2.75) is 39.7 Å². The SMILES string of the molecule is CCOC(=O)COc1c(I)cc(/C=c2\sc3n(c2=O)[C@@H](c2ccc(C(C)C)cc2)C(C(=O)OCC)=C(c2ccccc2)N=3)cc1OC. The molecule has 4 aromatic rings. The first-order chi connectivity index (χ1) is 22.7. The molecule has 244 valence electrons. The van der Waals surface area contributed by atoms with E-state index >= 15 is 0 Å². The fraction of sp³-hybridized carbons (Fsp3) is 0.278. The van der Waals surface area contributed by atoms with Gasteiger partial charge in [0.1, 0.15) is 0 Å². The molecule has 0 saturated heterocycles. The van der Waals surface area contributed by atoms with Crippen molar-refractivity contribution in [3.05, 3.63) is 118 Å². The molecule has 0 spiro atoms. The third kappa shape index (κ3) is 7.36. The molecule has 11 heteroatoms. The molecule has 0 amide bonds. The van der Waals surface area contributed by atoms with E-state index in [2.05, 4.69) is 36.4 Å². The number of methoxy groups -OCH3 is 1. The Bertz CT molecular complexity index is 2000. The zero-order valence-electron chi connectivity index (χ0n) is 26.7. The molecule has 1 aromatic heterocycles. The number of thiazole rings is 1. The molecular weight excluding hydrogens is 731 g/mol. The van der Waals surface area contributed by atoms with Crippen LogP contribution in [-0.2, 0) is 19.1 Å². The van der Waals surface area contributed by atoms with Gasteiger partial charge >= 0.3 is 11.9 Å². The maximum Gasteiger partial charge on any atom is 0.344 e. The van der Waals surface area contributed by atoms with E-state index in [1.807, 2.05) is 60.7 Å². The summed E-state index contributed by atoms with van der Waals surface area (Å²) in [5.74, 6) is 0.101. The Morgan fingerprint density at radius 3 is 2.36 bits per heavy atom. The molecule has 2 heterocycles. The normalized spacial score (nSPS) is 14.4. The van der Waals surface area contributed by atoms with Crippen LogP contribution in [0.2, 0.25) is 0 Å². The van der Waals surface area contributed by atoms with Crippen LogP contribution in [0.25, 0.3) is 11.8 Å². The van der Waals surface area contributed by atoms with Crippen molar-refractivity contribution in [1.82, 2.24) is 4.57 Å². The molecule has 47 heavy (non-hydrogen) atoms. The standard InChI is InChI=1S/C36H35IN2O7S/c1-6-44-29(40)20-46-33-26(37)17-22(18-27(33)43-5)19-28-34(41)39-32(25-15-13-23(14-16-25)21(3)4)30(35(42)45-7-2)31(38-36(39)47-28)24-11-9-8-10-12-24/h8-19,21,32H,6-7,20H2,1-5H3/b28-19-/t32-/m0/s1. The highest BCUT2D eigenvalue weighted by atomic mass is 127. The lowest BCUT2D eigenvalue weighted by Gasteiger charge is -2.26. The first-order valence-corrected chi connectivity index (χ1v) is 17.1. The number of nitrogens with zero attached hydrogens (tertiary/aromatic N) is 2. The third-order valence-electron chi connectivity index (χ3n) is 7.48. The maximum absolute atomic E-state index is 14.3. The van der Waals surface area contributed by atoms with Crippen molar-refractivity contribution < 1.29 is 28.5 Å². The molecule has 5 rings (SSSR count). The fourth-order valence-electron chi connectivity index (χ4n) is 5.27. The second kappa shape index (κ2) is 15.1. The number of benzene rings is 3. The van der Waals surface area contributed by atoms with Gasteiger partial charge in [0.2, 0.25) is 0 Å². The number of rotatable bonds is 11. The first-order valence-electron chi connectivity index (χ1n) is 15.2. The Morgan fingerprint density at radius 1 is 1.02 bits per heavy atom. The molecule has 1 atom stereocenters. The number of hydrogen-bond acceptors (Lipinski definition) is 9. The van der Waals surface area contributed by atoms with Gasteiger partial charge in [-0.1, -0.05) is 79.8 Å². The Hall–Kier alpha value is -4.23. The van der Waals surface area contributed by atoms with Crippen LogP contribution in [0.4, 0.5) is 0 Å². The van der Waals surface area contributed by atoms with Crippen molar-refractivity contribution in [3.8, 4) is 11.5 Å². The lowest BCUT2D eigenvalue weighted by Crippen LogP contribution is -2.40. The summed E-state index contributed by atoms with van der Waals surface area (Å²) in [5, 5.41) is 0. The van der Waals surface area contributed by atoms with Gasteiger partial charge in [-0.2, -0.15) is 0 Å². The smallest absolute Gasteiger partial charge is 0.344 e. The van der Waals surface area contributed by atoms with E-state index in [0.717, 1.165) is 16.7 Å². The zero-order chi connectivity index (χ0) is 33.7. The molecule has 0 saturated carbocycles. The van der Waals surface area contributed by atoms with Crippen LogP contribution >= 0.6 is 33.9 Å². The quantitative estimate of drug-likeness (QED) is 0.144. The van der Waals surface area contributed by atoms with Gasteiger partial charge in [-0.15, -0.1) is 0 Å². The molecule has 3 aromatic carbocycles. The number of carbonyl (C=O) groups is 2. The summed E-state index contributed by atoms with van der Waals surface area (Å²) in [7, 11) is 1.51. The highest BCUT2D eigenvalue weighted by Gasteiger charge is 2.35. The molecule has 9 nitrogen and oxygen atoms in total. The van der Waals surface area contributed by atoms with E-state index in [4.69, 9.17) is 23.9 Å². The van der Waals surface area contributed by atoms with Gasteiger partial charge in [-0.25, -0.2) is 14.6 Å². The number of aromatic nitrogens is 1. The van der Waals surface area contributed by atoms with Crippen LogP contribution < -0.4 is 24.4 Å². The van der Waals surface area contributed by atoms with Crippen molar-refractivity contribution in [2.75, 3.05) is 26.9 Å². The van der Waals surface area contributed by atoms with Gasteiger partial charge in [-0.05, 0) is 77.3 Å². The van der Waals surface area contributed by atoms with Crippen LogP contribution in [-0.4, -0.2) is 43.4 Å². The van der Waals surface area contributed by atoms with Gasteiger partial charge in [0, 0.05) is 5.56 Å². The Kier molecular flexibility index (Phi) is 11.0. The number of hydrogen-bond donors (Lipinski definition) is 0. The minimum absolute atomic E-state index is 0.174. The van der Waals surface area contributed by atoms with Gasteiger partial charge in [-0.3, -0.25) is 9.36 Å². The van der Waals surface area contributed by atoms with Crippen LogP contribution in [0.15, 0.2) is 82.1 Å². The number of fused-ring (bicyclic) bond motifs is 1. The topological polar surface area (TPSA) is 105 Å². The average molecular weight is 767 g/mol. The molecular formula is C36H35IN2O7S. The van der Waals surface area contributed by atoms with Crippen LogP contribution in [0.1, 0.15) is 61.9 Å². The number of esters is 2. The lowest BCUT2D eigenvalue weighted by molar-refractivity contribution is -0.145. The molecule has 0 unspecified atom stereocenters. The van der Waals surface area contributed by atoms with Crippen molar-refractivity contribution in [1.29, 1.82) is 0 Å². The van der Waals surface area contributed by atoms with Crippen LogP contribution in [0.5, 0.6) is 11.5 Å². The summed E-state index contributed by atoms with van der Waals surface area (Å²) >= 11 is 3.34. The van der Waals surface area contributed by atoms with Gasteiger partial charge in [0.15, 0.2) is 22.9 Å². The van der Waals surface area contributed by atoms with E-state index in [1.165, 1.54) is 18.4 Å². The second-order valence-corrected chi connectivity index (χ2v) is 13.1. The number of carbonyl (C=O) groups excluding carboxylic acids is 2. The molecule has 0 aliphatic carbocycles. The van der Waals surface area contributed by atoms with E-state index in [1.54, 1.807) is 30.6 Å². The van der Waals surface area contributed by atoms with E-state index in [-0.39, 0.29) is 25.4 Å². The highest BCUT2D eigenvalue weighted by Crippen LogP contribution is 2.36. The molecule has 0 fully saturated rings. The monoisotopic (exact) mass is 766 g/mol. The van der Waals surface area contributed by atoms with Crippen LogP contribution in [0.3, 0.4) is 0 Å². The van der Waals surface area contributed by atoms with E-state index < -0.39 is 18.0 Å².